The highest BCUT2D eigenvalue weighted by Crippen LogP contribution is 2.38. The number of aromatic hydroxyl groups is 1. The molecule has 142 valence electrons. The van der Waals surface area contributed by atoms with Crippen molar-refractivity contribution >= 4 is 47.1 Å². The molecule has 0 atom stereocenters. The highest BCUT2D eigenvalue weighted by molar-refractivity contribution is 7.73. The zero-order valence-electron chi connectivity index (χ0n) is 15.7. The van der Waals surface area contributed by atoms with E-state index < -0.39 is 0 Å². The molecular weight excluding hydrogens is 388 g/mol. The van der Waals surface area contributed by atoms with Crippen LogP contribution in [0.1, 0.15) is 28.5 Å². The molecule has 3 aromatic rings. The molecule has 0 aliphatic carbocycles. The van der Waals surface area contributed by atoms with Crippen LogP contribution < -0.4 is 4.74 Å². The van der Waals surface area contributed by atoms with Gasteiger partial charge >= 0.3 is 0 Å². The van der Waals surface area contributed by atoms with Crippen LogP contribution >= 0.6 is 23.6 Å². The number of para-hydroxylation sites is 1. The van der Waals surface area contributed by atoms with Gasteiger partial charge in [0.15, 0.2) is 3.95 Å². The lowest BCUT2D eigenvalue weighted by molar-refractivity contribution is 0.414. The molecular formula is C22H20N2O2S2. The van der Waals surface area contributed by atoms with E-state index in [2.05, 4.69) is 30.1 Å². The van der Waals surface area contributed by atoms with Crippen LogP contribution in [-0.2, 0) is 13.0 Å². The van der Waals surface area contributed by atoms with Gasteiger partial charge in [0.1, 0.15) is 5.75 Å². The lowest BCUT2D eigenvalue weighted by atomic mass is 10.0. The number of hydrogen-bond acceptors (Lipinski definition) is 5. The second kappa shape index (κ2) is 7.73. The number of aromatic nitrogens is 1. The van der Waals surface area contributed by atoms with Crippen molar-refractivity contribution in [1.29, 1.82) is 0 Å². The third-order valence-corrected chi connectivity index (χ3v) is 6.21. The summed E-state index contributed by atoms with van der Waals surface area (Å²) in [5.41, 5.74) is 5.39. The number of nitrogens with zero attached hydrogens (tertiary/aromatic N) is 2. The minimum Gasteiger partial charge on any atom is -0.497 e. The van der Waals surface area contributed by atoms with E-state index in [4.69, 9.17) is 17.0 Å². The maximum Gasteiger partial charge on any atom is 0.210 e. The van der Waals surface area contributed by atoms with Crippen molar-refractivity contribution in [3.63, 3.8) is 0 Å². The molecule has 28 heavy (non-hydrogen) atoms. The molecule has 0 unspecified atom stereocenters. The molecule has 0 saturated carbocycles. The average molecular weight is 409 g/mol. The quantitative estimate of drug-likeness (QED) is 0.538. The zero-order valence-corrected chi connectivity index (χ0v) is 17.3. The van der Waals surface area contributed by atoms with Gasteiger partial charge in [-0.25, -0.2) is 0 Å². The first-order chi connectivity index (χ1) is 13.6. The Hall–Kier alpha value is -2.70. The predicted octanol–water partition coefficient (Wildman–Crippen LogP) is 5.86. The largest absolute Gasteiger partial charge is 0.497 e. The fourth-order valence-corrected chi connectivity index (χ4v) is 4.54. The van der Waals surface area contributed by atoms with Gasteiger partial charge in [-0.15, -0.1) is 11.3 Å². The van der Waals surface area contributed by atoms with E-state index in [9.17, 15) is 5.11 Å². The molecule has 1 N–H and O–H groups in total. The number of aryl methyl sites for hydroxylation is 1. The van der Waals surface area contributed by atoms with Gasteiger partial charge in [-0.3, -0.25) is 9.56 Å². The Labute approximate surface area is 173 Å². The van der Waals surface area contributed by atoms with Gasteiger partial charge < -0.3 is 9.84 Å². The maximum absolute atomic E-state index is 10.8. The molecule has 1 aromatic heterocycles. The molecule has 0 bridgehead atoms. The zero-order chi connectivity index (χ0) is 19.7. The second-order valence-corrected chi connectivity index (χ2v) is 8.19. The Morgan fingerprint density at radius 1 is 1.21 bits per heavy atom. The van der Waals surface area contributed by atoms with Gasteiger partial charge in [0.25, 0.3) is 0 Å². The number of fused-ring (bicyclic) bond motifs is 1. The molecule has 4 rings (SSSR count). The normalized spacial score (nSPS) is 13.9. The van der Waals surface area contributed by atoms with Gasteiger partial charge in [0.2, 0.25) is 5.88 Å². The van der Waals surface area contributed by atoms with Crippen LogP contribution in [0.5, 0.6) is 11.6 Å². The molecule has 4 nitrogen and oxygen atoms in total. The summed E-state index contributed by atoms with van der Waals surface area (Å²) in [6.07, 6.45) is 4.77. The van der Waals surface area contributed by atoms with Gasteiger partial charge in [0.05, 0.1) is 24.2 Å². The fourth-order valence-electron chi connectivity index (χ4n) is 3.28. The van der Waals surface area contributed by atoms with Crippen molar-refractivity contribution in [1.82, 2.24) is 4.57 Å². The Bertz CT molecular complexity index is 1140. The molecule has 2 aromatic carbocycles. The molecule has 2 heterocycles. The first-order valence-electron chi connectivity index (χ1n) is 9.04. The fraction of sp³-hybridized carbons (Fsp3) is 0.182. The van der Waals surface area contributed by atoms with Crippen molar-refractivity contribution in [2.45, 2.75) is 19.9 Å². The summed E-state index contributed by atoms with van der Waals surface area (Å²) < 4.78 is 7.59. The van der Waals surface area contributed by atoms with E-state index >= 15 is 0 Å². The van der Waals surface area contributed by atoms with Crippen molar-refractivity contribution in [2.24, 2.45) is 4.99 Å². The van der Waals surface area contributed by atoms with Crippen LogP contribution in [0.4, 0.5) is 5.69 Å². The molecule has 0 fully saturated rings. The standard InChI is InChI=1S/C22H20N2O2S2/c1-3-15-5-4-6-18-16(12-23-20(15)18)11-19-21(25)24(22(27)28-19)13-14-7-9-17(26-2)10-8-14/h4-12,25H,3,13H2,1-2H3. The number of hydrogen-bond donors (Lipinski definition) is 1. The van der Waals surface area contributed by atoms with E-state index in [1.54, 1.807) is 11.7 Å². The summed E-state index contributed by atoms with van der Waals surface area (Å²) in [6, 6.07) is 14.0. The summed E-state index contributed by atoms with van der Waals surface area (Å²) in [5, 5.41) is 10.8. The summed E-state index contributed by atoms with van der Waals surface area (Å²) in [4.78, 5) is 5.32. The summed E-state index contributed by atoms with van der Waals surface area (Å²) >= 11 is 6.90. The highest BCUT2D eigenvalue weighted by Gasteiger charge is 2.17. The average Bonchev–Trinajstić information content (AvgIpc) is 3.25. The highest BCUT2D eigenvalue weighted by atomic mass is 32.1. The van der Waals surface area contributed by atoms with Gasteiger partial charge in [-0.05, 0) is 48.0 Å². The van der Waals surface area contributed by atoms with Crippen LogP contribution in [0.25, 0.3) is 11.6 Å². The Morgan fingerprint density at radius 3 is 2.71 bits per heavy atom. The minimum absolute atomic E-state index is 0.187. The number of allylic oxidation sites excluding steroid dienone is 1. The van der Waals surface area contributed by atoms with Crippen LogP contribution in [-0.4, -0.2) is 23.0 Å². The van der Waals surface area contributed by atoms with E-state index in [1.807, 2.05) is 36.6 Å². The smallest absolute Gasteiger partial charge is 0.210 e. The van der Waals surface area contributed by atoms with Gasteiger partial charge in [-0.1, -0.05) is 37.3 Å². The summed E-state index contributed by atoms with van der Waals surface area (Å²) in [7, 11) is 1.64. The van der Waals surface area contributed by atoms with Crippen molar-refractivity contribution in [3.05, 3.63) is 68.0 Å². The van der Waals surface area contributed by atoms with E-state index in [0.29, 0.717) is 10.5 Å². The van der Waals surface area contributed by atoms with Crippen molar-refractivity contribution < 1.29 is 9.84 Å². The lowest BCUT2D eigenvalue weighted by Gasteiger charge is -2.06. The number of aliphatic imine (C=N–C) groups is 1. The van der Waals surface area contributed by atoms with Crippen LogP contribution in [0.3, 0.4) is 0 Å². The second-order valence-electron chi connectivity index (χ2n) is 6.51. The van der Waals surface area contributed by atoms with Crippen LogP contribution in [0.15, 0.2) is 47.5 Å². The summed E-state index contributed by atoms with van der Waals surface area (Å²) in [5.74, 6) is 0.991. The van der Waals surface area contributed by atoms with E-state index in [1.165, 1.54) is 16.9 Å². The number of ether oxygens (including phenoxy) is 1. The maximum atomic E-state index is 10.8. The van der Waals surface area contributed by atoms with Gasteiger partial charge in [0, 0.05) is 17.4 Å². The number of rotatable bonds is 5. The van der Waals surface area contributed by atoms with Crippen LogP contribution in [0.2, 0.25) is 0 Å². The SMILES string of the molecule is CCc1cccc2c1N=CC2=Cc1sc(=S)n(Cc2ccc(OC)cc2)c1O. The van der Waals surface area contributed by atoms with Crippen molar-refractivity contribution in [2.75, 3.05) is 7.11 Å². The third kappa shape index (κ3) is 3.41. The Kier molecular flexibility index (Phi) is 5.15. The van der Waals surface area contributed by atoms with E-state index in [0.717, 1.165) is 39.4 Å². The minimum atomic E-state index is 0.187. The molecule has 6 heteroatoms. The topological polar surface area (TPSA) is 46.8 Å². The number of methoxy groups -OCH3 is 1. The molecule has 0 saturated heterocycles. The van der Waals surface area contributed by atoms with Crippen molar-refractivity contribution in [3.8, 4) is 11.6 Å². The Balaban J connectivity index is 1.67. The predicted molar refractivity (Wildman–Crippen MR) is 119 cm³/mol. The first-order valence-corrected chi connectivity index (χ1v) is 10.3. The van der Waals surface area contributed by atoms with E-state index in [-0.39, 0.29) is 5.88 Å². The molecule has 0 radical (unpaired) electrons. The lowest BCUT2D eigenvalue weighted by Crippen LogP contribution is -1.99. The summed E-state index contributed by atoms with van der Waals surface area (Å²) in [6.45, 7) is 2.64. The third-order valence-electron chi connectivity index (χ3n) is 4.82. The Morgan fingerprint density at radius 2 is 2.00 bits per heavy atom. The molecule has 0 amide bonds. The number of benzene rings is 2. The molecule has 0 spiro atoms. The molecule has 1 aliphatic heterocycles. The van der Waals surface area contributed by atoms with Crippen LogP contribution in [0, 0.1) is 3.95 Å². The van der Waals surface area contributed by atoms with Gasteiger partial charge in [-0.2, -0.15) is 0 Å². The monoisotopic (exact) mass is 408 g/mol. The first kappa shape index (κ1) is 18.7. The number of thiazole rings is 1. The molecule has 1 aliphatic rings.